The van der Waals surface area contributed by atoms with E-state index in [2.05, 4.69) is 57.0 Å². The monoisotopic (exact) mass is 234 g/mol. The Morgan fingerprint density at radius 2 is 1.59 bits per heavy atom. The smallest absolute Gasteiger partial charge is 0.0234 e. The first kappa shape index (κ1) is 14.2. The van der Waals surface area contributed by atoms with Crippen molar-refractivity contribution in [1.29, 1.82) is 0 Å². The van der Waals surface area contributed by atoms with Gasteiger partial charge < -0.3 is 5.73 Å². The fourth-order valence-corrected chi connectivity index (χ4v) is 1.88. The van der Waals surface area contributed by atoms with Gasteiger partial charge in [-0.1, -0.05) is 38.1 Å². The van der Waals surface area contributed by atoms with Crippen molar-refractivity contribution in [1.82, 2.24) is 4.90 Å². The van der Waals surface area contributed by atoms with Gasteiger partial charge >= 0.3 is 0 Å². The van der Waals surface area contributed by atoms with Crippen LogP contribution in [0.25, 0.3) is 0 Å². The van der Waals surface area contributed by atoms with Gasteiger partial charge in [0.15, 0.2) is 0 Å². The number of benzene rings is 1. The van der Waals surface area contributed by atoms with Crippen molar-refractivity contribution in [2.45, 2.75) is 39.8 Å². The summed E-state index contributed by atoms with van der Waals surface area (Å²) >= 11 is 0. The minimum absolute atomic E-state index is 0.436. The molecule has 0 amide bonds. The van der Waals surface area contributed by atoms with Gasteiger partial charge in [0.25, 0.3) is 0 Å². The van der Waals surface area contributed by atoms with Crippen molar-refractivity contribution in [3.05, 3.63) is 35.4 Å². The molecule has 17 heavy (non-hydrogen) atoms. The topological polar surface area (TPSA) is 29.3 Å². The molecule has 0 bridgehead atoms. The zero-order chi connectivity index (χ0) is 12.8. The Kier molecular flexibility index (Phi) is 5.66. The van der Waals surface area contributed by atoms with E-state index in [1.165, 1.54) is 11.1 Å². The molecule has 2 heteroatoms. The lowest BCUT2D eigenvalue weighted by Gasteiger charge is -2.23. The predicted octanol–water partition coefficient (Wildman–Crippen LogP) is 2.66. The summed E-state index contributed by atoms with van der Waals surface area (Å²) in [5.74, 6) is 0.723. The number of rotatable bonds is 6. The van der Waals surface area contributed by atoms with Crippen molar-refractivity contribution in [3.8, 4) is 0 Å². The fourth-order valence-electron chi connectivity index (χ4n) is 1.88. The van der Waals surface area contributed by atoms with Crippen LogP contribution in [0.5, 0.6) is 0 Å². The molecule has 1 aromatic rings. The maximum Gasteiger partial charge on any atom is 0.0234 e. The standard InChI is InChI=1S/C15H26N2/c1-12(2)9-14-5-7-15(8-6-14)11-17(4)13(3)10-16/h5-8,12-13H,9-11,16H2,1-4H3. The van der Waals surface area contributed by atoms with Gasteiger partial charge in [-0.15, -0.1) is 0 Å². The number of likely N-dealkylation sites (N-methyl/N-ethyl adjacent to an activating group) is 1. The average molecular weight is 234 g/mol. The molecule has 96 valence electrons. The lowest BCUT2D eigenvalue weighted by atomic mass is 10.0. The summed E-state index contributed by atoms with van der Waals surface area (Å²) in [5, 5.41) is 0. The highest BCUT2D eigenvalue weighted by Crippen LogP contribution is 2.11. The van der Waals surface area contributed by atoms with E-state index in [9.17, 15) is 0 Å². The van der Waals surface area contributed by atoms with E-state index >= 15 is 0 Å². The zero-order valence-corrected chi connectivity index (χ0v) is 11.6. The van der Waals surface area contributed by atoms with E-state index in [-0.39, 0.29) is 0 Å². The van der Waals surface area contributed by atoms with Gasteiger partial charge in [-0.25, -0.2) is 0 Å². The third-order valence-corrected chi connectivity index (χ3v) is 3.19. The number of nitrogens with two attached hydrogens (primary N) is 1. The van der Waals surface area contributed by atoms with Crippen LogP contribution >= 0.6 is 0 Å². The van der Waals surface area contributed by atoms with Crippen LogP contribution < -0.4 is 5.73 Å². The highest BCUT2D eigenvalue weighted by molar-refractivity contribution is 5.22. The predicted molar refractivity (Wildman–Crippen MR) is 75.0 cm³/mol. The summed E-state index contributed by atoms with van der Waals surface area (Å²) in [7, 11) is 2.12. The quantitative estimate of drug-likeness (QED) is 0.820. The molecule has 1 atom stereocenters. The largest absolute Gasteiger partial charge is 0.329 e. The van der Waals surface area contributed by atoms with Crippen LogP contribution in [0.1, 0.15) is 31.9 Å². The summed E-state index contributed by atoms with van der Waals surface area (Å²) in [4.78, 5) is 2.29. The van der Waals surface area contributed by atoms with E-state index in [1.807, 2.05) is 0 Å². The minimum atomic E-state index is 0.436. The third kappa shape index (κ3) is 4.88. The Balaban J connectivity index is 2.56. The maximum absolute atomic E-state index is 5.66. The molecule has 0 spiro atoms. The zero-order valence-electron chi connectivity index (χ0n) is 11.6. The van der Waals surface area contributed by atoms with Gasteiger partial charge in [-0.3, -0.25) is 4.90 Å². The van der Waals surface area contributed by atoms with Crippen molar-refractivity contribution in [2.24, 2.45) is 11.7 Å². The second-order valence-electron chi connectivity index (χ2n) is 5.41. The van der Waals surface area contributed by atoms with Crippen molar-refractivity contribution < 1.29 is 0 Å². The van der Waals surface area contributed by atoms with Crippen LogP contribution in [-0.4, -0.2) is 24.5 Å². The van der Waals surface area contributed by atoms with Gasteiger partial charge in [-0.05, 0) is 37.4 Å². The molecule has 0 saturated heterocycles. The normalized spacial score (nSPS) is 13.4. The lowest BCUT2D eigenvalue weighted by molar-refractivity contribution is 0.255. The molecule has 0 aliphatic heterocycles. The van der Waals surface area contributed by atoms with Crippen molar-refractivity contribution in [3.63, 3.8) is 0 Å². The van der Waals surface area contributed by atoms with Crippen LogP contribution in [0, 0.1) is 5.92 Å². The summed E-state index contributed by atoms with van der Waals surface area (Å²) < 4.78 is 0. The summed E-state index contributed by atoms with van der Waals surface area (Å²) in [5.41, 5.74) is 8.45. The molecular weight excluding hydrogens is 208 g/mol. The molecule has 0 heterocycles. The Hall–Kier alpha value is -0.860. The van der Waals surface area contributed by atoms with E-state index in [0.717, 1.165) is 18.9 Å². The average Bonchev–Trinajstić information content (AvgIpc) is 2.30. The van der Waals surface area contributed by atoms with Crippen molar-refractivity contribution >= 4 is 0 Å². The van der Waals surface area contributed by atoms with Crippen LogP contribution in [0.2, 0.25) is 0 Å². The SMILES string of the molecule is CC(C)Cc1ccc(CN(C)C(C)CN)cc1. The summed E-state index contributed by atoms with van der Waals surface area (Å²) in [6.45, 7) is 8.35. The summed E-state index contributed by atoms with van der Waals surface area (Å²) in [6.07, 6.45) is 1.16. The second-order valence-corrected chi connectivity index (χ2v) is 5.41. The number of hydrogen-bond acceptors (Lipinski definition) is 2. The highest BCUT2D eigenvalue weighted by atomic mass is 15.1. The molecule has 0 aliphatic carbocycles. The first-order valence-corrected chi connectivity index (χ1v) is 6.51. The van der Waals surface area contributed by atoms with E-state index in [4.69, 9.17) is 5.73 Å². The molecule has 2 nitrogen and oxygen atoms in total. The molecule has 0 saturated carbocycles. The van der Waals surface area contributed by atoms with Gasteiger partial charge in [0.2, 0.25) is 0 Å². The second kappa shape index (κ2) is 6.77. The summed E-state index contributed by atoms with van der Waals surface area (Å²) in [6, 6.07) is 9.40. The lowest BCUT2D eigenvalue weighted by Crippen LogP contribution is -2.34. The number of hydrogen-bond donors (Lipinski definition) is 1. The van der Waals surface area contributed by atoms with E-state index in [0.29, 0.717) is 12.6 Å². The molecule has 0 aromatic heterocycles. The first-order valence-electron chi connectivity index (χ1n) is 6.51. The minimum Gasteiger partial charge on any atom is -0.329 e. The van der Waals surface area contributed by atoms with Gasteiger partial charge in [0, 0.05) is 19.1 Å². The molecular formula is C15H26N2. The van der Waals surface area contributed by atoms with Crippen LogP contribution in [0.4, 0.5) is 0 Å². The van der Waals surface area contributed by atoms with E-state index < -0.39 is 0 Å². The molecule has 1 aromatic carbocycles. The maximum atomic E-state index is 5.66. The highest BCUT2D eigenvalue weighted by Gasteiger charge is 2.07. The third-order valence-electron chi connectivity index (χ3n) is 3.19. The Morgan fingerprint density at radius 1 is 1.06 bits per heavy atom. The molecule has 0 radical (unpaired) electrons. The van der Waals surface area contributed by atoms with Crippen molar-refractivity contribution in [2.75, 3.05) is 13.6 Å². The van der Waals surface area contributed by atoms with Gasteiger partial charge in [0.1, 0.15) is 0 Å². The van der Waals surface area contributed by atoms with Gasteiger partial charge in [-0.2, -0.15) is 0 Å². The number of nitrogens with zero attached hydrogens (tertiary/aromatic N) is 1. The molecule has 1 rings (SSSR count). The van der Waals surface area contributed by atoms with Gasteiger partial charge in [0.05, 0.1) is 0 Å². The van der Waals surface area contributed by atoms with Crippen LogP contribution in [-0.2, 0) is 13.0 Å². The molecule has 2 N–H and O–H groups in total. The van der Waals surface area contributed by atoms with E-state index in [1.54, 1.807) is 0 Å². The van der Waals surface area contributed by atoms with Crippen LogP contribution in [0.15, 0.2) is 24.3 Å². The molecule has 0 fully saturated rings. The molecule has 0 aliphatic rings. The first-order chi connectivity index (χ1) is 8.02. The van der Waals surface area contributed by atoms with Crippen LogP contribution in [0.3, 0.4) is 0 Å². The Labute approximate surface area is 106 Å². The Morgan fingerprint density at radius 3 is 2.06 bits per heavy atom. The fraction of sp³-hybridized carbons (Fsp3) is 0.600. The molecule has 1 unspecified atom stereocenters. The Bertz CT molecular complexity index is 316.